The van der Waals surface area contributed by atoms with E-state index in [1.54, 1.807) is 18.8 Å². The van der Waals surface area contributed by atoms with Crippen LogP contribution in [0, 0.1) is 11.7 Å². The molecule has 4 atom stereocenters. The van der Waals surface area contributed by atoms with E-state index in [-0.39, 0.29) is 18.8 Å². The van der Waals surface area contributed by atoms with Gasteiger partial charge in [-0.2, -0.15) is 4.39 Å². The second-order valence-electron chi connectivity index (χ2n) is 6.27. The summed E-state index contributed by atoms with van der Waals surface area (Å²) in [7, 11) is -4.84. The molecule has 1 aromatic heterocycles. The van der Waals surface area contributed by atoms with Crippen LogP contribution in [0.4, 0.5) is 4.39 Å². The maximum Gasteiger partial charge on any atom is 0.469 e. The van der Waals surface area contributed by atoms with Gasteiger partial charge in [-0.15, -0.1) is 0 Å². The number of nitrogens with one attached hydrogen (secondary N) is 1. The number of rotatable bonds is 6. The number of aliphatic hydroxyl groups is 1. The summed E-state index contributed by atoms with van der Waals surface area (Å²) in [6.07, 6.45) is -3.91. The lowest BCUT2D eigenvalue weighted by Crippen LogP contribution is -2.37. The molecule has 12 heteroatoms. The van der Waals surface area contributed by atoms with Crippen molar-refractivity contribution >= 4 is 7.82 Å². The molecule has 0 spiro atoms. The Kier molecular flexibility index (Phi) is 5.97. The number of nitrogens with zero attached hydrogens (tertiary/aromatic N) is 1. The van der Waals surface area contributed by atoms with Crippen LogP contribution in [0.3, 0.4) is 0 Å². The summed E-state index contributed by atoms with van der Waals surface area (Å²) in [6.45, 7) is 3.58. The Morgan fingerprint density at radius 3 is 2.68 bits per heavy atom. The standard InChI is InChI=1S/C13H20FN2O8P/c1-6(2)3-9(24-25(20,21)22)11-8(17)4-10(23-11)16-5-7(14)12(18)15-13(16)19/h5-6,8-11,17H,3-4H2,1-2H3,(H,15,18,19)(H2,20,21,22)/t8-,9+,10+,11-/m0/s1. The largest absolute Gasteiger partial charge is 0.469 e. The average Bonchev–Trinajstić information content (AvgIpc) is 2.82. The van der Waals surface area contributed by atoms with Crippen LogP contribution in [-0.2, 0) is 13.8 Å². The zero-order valence-corrected chi connectivity index (χ0v) is 14.4. The molecule has 0 amide bonds. The molecule has 1 aliphatic rings. The Bertz CT molecular complexity index is 772. The summed E-state index contributed by atoms with van der Waals surface area (Å²) in [5.41, 5.74) is -2.11. The molecular formula is C13H20FN2O8P. The Balaban J connectivity index is 2.26. The normalized spacial score (nSPS) is 25.5. The molecule has 2 rings (SSSR count). The SMILES string of the molecule is CC(C)C[C@@H](OP(=O)(O)O)[C@H]1O[C@@H](n2cc(F)c(=O)[nH]c2=O)C[C@@H]1O. The number of halogens is 1. The summed E-state index contributed by atoms with van der Waals surface area (Å²) in [6, 6.07) is 0. The van der Waals surface area contributed by atoms with Gasteiger partial charge in [-0.05, 0) is 12.3 Å². The van der Waals surface area contributed by atoms with Gasteiger partial charge in [0.25, 0.3) is 5.56 Å². The lowest BCUT2D eigenvalue weighted by Gasteiger charge is -2.27. The highest BCUT2D eigenvalue weighted by Crippen LogP contribution is 2.43. The molecule has 0 bridgehead atoms. The van der Waals surface area contributed by atoms with Gasteiger partial charge in [-0.25, -0.2) is 9.36 Å². The van der Waals surface area contributed by atoms with Crippen molar-refractivity contribution in [1.82, 2.24) is 9.55 Å². The minimum atomic E-state index is -4.84. The first kappa shape index (κ1) is 20.0. The monoisotopic (exact) mass is 382 g/mol. The van der Waals surface area contributed by atoms with Crippen molar-refractivity contribution in [2.75, 3.05) is 0 Å². The average molecular weight is 382 g/mol. The Labute approximate surface area is 141 Å². The number of hydrogen-bond donors (Lipinski definition) is 4. The molecule has 142 valence electrons. The molecule has 1 aromatic rings. The molecule has 0 radical (unpaired) electrons. The van der Waals surface area contributed by atoms with E-state index in [0.717, 1.165) is 4.57 Å². The van der Waals surface area contributed by atoms with Crippen LogP contribution >= 0.6 is 7.82 Å². The first-order chi connectivity index (χ1) is 11.5. The lowest BCUT2D eigenvalue weighted by molar-refractivity contribution is -0.0856. The minimum Gasteiger partial charge on any atom is -0.390 e. The smallest absolute Gasteiger partial charge is 0.390 e. The molecule has 10 nitrogen and oxygen atoms in total. The van der Waals surface area contributed by atoms with Crippen molar-refractivity contribution < 1.29 is 33.1 Å². The van der Waals surface area contributed by atoms with Crippen LogP contribution in [0.25, 0.3) is 0 Å². The van der Waals surface area contributed by atoms with Gasteiger partial charge in [0.05, 0.1) is 18.4 Å². The zero-order valence-electron chi connectivity index (χ0n) is 13.5. The van der Waals surface area contributed by atoms with Crippen LogP contribution in [0.2, 0.25) is 0 Å². The predicted molar refractivity (Wildman–Crippen MR) is 82.2 cm³/mol. The molecule has 4 N–H and O–H groups in total. The van der Waals surface area contributed by atoms with Crippen molar-refractivity contribution in [1.29, 1.82) is 0 Å². The van der Waals surface area contributed by atoms with E-state index in [1.165, 1.54) is 0 Å². The Morgan fingerprint density at radius 2 is 2.12 bits per heavy atom. The van der Waals surface area contributed by atoms with E-state index < -0.39 is 49.4 Å². The van der Waals surface area contributed by atoms with Crippen LogP contribution in [0.15, 0.2) is 15.8 Å². The Morgan fingerprint density at radius 1 is 1.48 bits per heavy atom. The number of phosphoric ester groups is 1. The number of phosphoric acid groups is 1. The molecule has 25 heavy (non-hydrogen) atoms. The first-order valence-electron chi connectivity index (χ1n) is 7.56. The maximum absolute atomic E-state index is 13.4. The fraction of sp³-hybridized carbons (Fsp3) is 0.692. The van der Waals surface area contributed by atoms with Crippen molar-refractivity contribution in [2.45, 2.75) is 51.2 Å². The number of aromatic nitrogens is 2. The van der Waals surface area contributed by atoms with E-state index in [1.807, 2.05) is 0 Å². The van der Waals surface area contributed by atoms with Crippen LogP contribution in [-0.4, -0.2) is 42.8 Å². The Hall–Kier alpha value is -1.36. The summed E-state index contributed by atoms with van der Waals surface area (Å²) < 4.78 is 35.6. The van der Waals surface area contributed by atoms with Crippen molar-refractivity contribution in [3.63, 3.8) is 0 Å². The number of ether oxygens (including phenoxy) is 1. The van der Waals surface area contributed by atoms with Gasteiger partial charge >= 0.3 is 13.5 Å². The molecule has 0 aromatic carbocycles. The highest BCUT2D eigenvalue weighted by atomic mass is 31.2. The lowest BCUT2D eigenvalue weighted by atomic mass is 9.99. The van der Waals surface area contributed by atoms with Crippen LogP contribution in [0.1, 0.15) is 32.9 Å². The van der Waals surface area contributed by atoms with E-state index in [9.17, 15) is 23.7 Å². The number of aromatic amines is 1. The minimum absolute atomic E-state index is 0.0281. The maximum atomic E-state index is 13.4. The van der Waals surface area contributed by atoms with Gasteiger partial charge < -0.3 is 19.6 Å². The molecule has 2 heterocycles. The number of aliphatic hydroxyl groups excluding tert-OH is 1. The molecule has 0 saturated carbocycles. The summed E-state index contributed by atoms with van der Waals surface area (Å²) in [5.74, 6) is -1.23. The summed E-state index contributed by atoms with van der Waals surface area (Å²) in [5, 5.41) is 10.2. The van der Waals surface area contributed by atoms with Gasteiger partial charge in [0.2, 0.25) is 5.82 Å². The molecule has 1 saturated heterocycles. The third kappa shape index (κ3) is 5.06. The number of H-pyrrole nitrogens is 1. The van der Waals surface area contributed by atoms with Gasteiger partial charge in [0.15, 0.2) is 0 Å². The van der Waals surface area contributed by atoms with Crippen molar-refractivity contribution in [3.05, 3.63) is 32.9 Å². The topological polar surface area (TPSA) is 151 Å². The van der Waals surface area contributed by atoms with Crippen molar-refractivity contribution in [3.8, 4) is 0 Å². The quantitative estimate of drug-likeness (QED) is 0.496. The molecule has 1 fully saturated rings. The summed E-state index contributed by atoms with van der Waals surface area (Å²) in [4.78, 5) is 42.7. The predicted octanol–water partition coefficient (Wildman–Crippen LogP) is -0.152. The fourth-order valence-corrected chi connectivity index (χ4v) is 3.29. The van der Waals surface area contributed by atoms with Gasteiger partial charge in [0.1, 0.15) is 12.3 Å². The van der Waals surface area contributed by atoms with E-state index in [4.69, 9.17) is 19.0 Å². The number of hydrogen-bond acceptors (Lipinski definition) is 6. The second kappa shape index (κ2) is 7.48. The van der Waals surface area contributed by atoms with Crippen LogP contribution in [0.5, 0.6) is 0 Å². The molecule has 1 aliphatic heterocycles. The second-order valence-corrected chi connectivity index (χ2v) is 7.46. The highest BCUT2D eigenvalue weighted by Gasteiger charge is 2.43. The first-order valence-corrected chi connectivity index (χ1v) is 9.09. The third-order valence-electron chi connectivity index (χ3n) is 3.71. The van der Waals surface area contributed by atoms with Gasteiger partial charge in [-0.3, -0.25) is 18.9 Å². The molecular weight excluding hydrogens is 362 g/mol. The highest BCUT2D eigenvalue weighted by molar-refractivity contribution is 7.46. The third-order valence-corrected chi connectivity index (χ3v) is 4.26. The van der Waals surface area contributed by atoms with Crippen molar-refractivity contribution in [2.24, 2.45) is 5.92 Å². The molecule has 0 unspecified atom stereocenters. The molecule has 0 aliphatic carbocycles. The van der Waals surface area contributed by atoms with Gasteiger partial charge in [-0.1, -0.05) is 13.8 Å². The van der Waals surface area contributed by atoms with E-state index in [0.29, 0.717) is 6.20 Å². The zero-order chi connectivity index (χ0) is 18.9. The van der Waals surface area contributed by atoms with E-state index in [2.05, 4.69) is 0 Å². The summed E-state index contributed by atoms with van der Waals surface area (Å²) >= 11 is 0. The van der Waals surface area contributed by atoms with Crippen LogP contribution < -0.4 is 11.2 Å². The van der Waals surface area contributed by atoms with E-state index >= 15 is 0 Å². The van der Waals surface area contributed by atoms with Gasteiger partial charge in [0, 0.05) is 6.42 Å². The fourth-order valence-electron chi connectivity index (χ4n) is 2.74.